The Morgan fingerprint density at radius 3 is 2.72 bits per heavy atom. The minimum Gasteiger partial charge on any atom is -0.472 e. The standard InChI is InChI=1S/C23H13FN4O/c24-20-6-5-15(11-19(20)18-4-2-1-3-16(18)12-25)22-13-26-23-27-21(7-9-28(22)23)17-8-10-29-14-17/h1-11,13-14H. The van der Waals surface area contributed by atoms with E-state index in [1.165, 1.54) is 6.07 Å². The van der Waals surface area contributed by atoms with Gasteiger partial charge >= 0.3 is 0 Å². The van der Waals surface area contributed by atoms with Gasteiger partial charge in [0.1, 0.15) is 5.82 Å². The van der Waals surface area contributed by atoms with E-state index in [0.29, 0.717) is 22.5 Å². The summed E-state index contributed by atoms with van der Waals surface area (Å²) < 4.78 is 21.5. The van der Waals surface area contributed by atoms with Crippen LogP contribution in [0.2, 0.25) is 0 Å². The molecular formula is C23H13FN4O. The Morgan fingerprint density at radius 2 is 1.90 bits per heavy atom. The monoisotopic (exact) mass is 380 g/mol. The van der Waals surface area contributed by atoms with E-state index < -0.39 is 0 Å². The second-order valence-electron chi connectivity index (χ2n) is 6.49. The number of hydrogen-bond acceptors (Lipinski definition) is 4. The van der Waals surface area contributed by atoms with Crippen LogP contribution in [0, 0.1) is 17.1 Å². The molecule has 0 N–H and O–H groups in total. The largest absolute Gasteiger partial charge is 0.472 e. The first-order chi connectivity index (χ1) is 14.2. The highest BCUT2D eigenvalue weighted by Crippen LogP contribution is 2.31. The van der Waals surface area contributed by atoms with Crippen LogP contribution in [0.25, 0.3) is 39.4 Å². The highest BCUT2D eigenvalue weighted by atomic mass is 19.1. The fourth-order valence-electron chi connectivity index (χ4n) is 3.36. The first kappa shape index (κ1) is 16.9. The molecule has 0 fully saturated rings. The third-order valence-electron chi connectivity index (χ3n) is 4.80. The quantitative estimate of drug-likeness (QED) is 0.424. The van der Waals surface area contributed by atoms with Crippen molar-refractivity contribution in [2.75, 3.05) is 0 Å². The second kappa shape index (κ2) is 6.73. The number of halogens is 1. The Labute approximate surface area is 165 Å². The lowest BCUT2D eigenvalue weighted by Crippen LogP contribution is -1.94. The van der Waals surface area contributed by atoms with E-state index in [1.54, 1.807) is 55.1 Å². The third-order valence-corrected chi connectivity index (χ3v) is 4.80. The van der Waals surface area contributed by atoms with Crippen LogP contribution in [-0.2, 0) is 0 Å². The summed E-state index contributed by atoms with van der Waals surface area (Å²) in [6.07, 6.45) is 6.80. The van der Waals surface area contributed by atoms with E-state index in [4.69, 9.17) is 4.42 Å². The van der Waals surface area contributed by atoms with Gasteiger partial charge in [0.05, 0.1) is 41.7 Å². The van der Waals surface area contributed by atoms with Crippen molar-refractivity contribution >= 4 is 5.78 Å². The fraction of sp³-hybridized carbons (Fsp3) is 0. The normalized spacial score (nSPS) is 10.9. The van der Waals surface area contributed by atoms with Crippen molar-refractivity contribution in [3.05, 3.63) is 90.9 Å². The van der Waals surface area contributed by atoms with Crippen molar-refractivity contribution in [3.8, 4) is 39.7 Å². The highest BCUT2D eigenvalue weighted by molar-refractivity contribution is 5.76. The molecule has 6 heteroatoms. The maximum Gasteiger partial charge on any atom is 0.234 e. The molecule has 0 aliphatic heterocycles. The van der Waals surface area contributed by atoms with Crippen LogP contribution in [-0.4, -0.2) is 14.4 Å². The number of rotatable bonds is 3. The smallest absolute Gasteiger partial charge is 0.234 e. The molecular weight excluding hydrogens is 367 g/mol. The molecule has 5 nitrogen and oxygen atoms in total. The van der Waals surface area contributed by atoms with E-state index in [9.17, 15) is 9.65 Å². The number of aromatic nitrogens is 3. The topological polar surface area (TPSA) is 67.1 Å². The zero-order valence-electron chi connectivity index (χ0n) is 15.1. The average Bonchev–Trinajstić information content (AvgIpc) is 3.44. The minimum absolute atomic E-state index is 0.373. The highest BCUT2D eigenvalue weighted by Gasteiger charge is 2.14. The van der Waals surface area contributed by atoms with Crippen LogP contribution in [0.5, 0.6) is 0 Å². The summed E-state index contributed by atoms with van der Waals surface area (Å²) in [5.74, 6) is 0.146. The minimum atomic E-state index is -0.384. The van der Waals surface area contributed by atoms with E-state index in [0.717, 1.165) is 22.5 Å². The lowest BCUT2D eigenvalue weighted by Gasteiger charge is -2.09. The van der Waals surface area contributed by atoms with E-state index in [-0.39, 0.29) is 5.82 Å². The van der Waals surface area contributed by atoms with Crippen molar-refractivity contribution in [3.63, 3.8) is 0 Å². The van der Waals surface area contributed by atoms with Gasteiger partial charge in [0.25, 0.3) is 0 Å². The van der Waals surface area contributed by atoms with Crippen LogP contribution < -0.4 is 0 Å². The van der Waals surface area contributed by atoms with Crippen molar-refractivity contribution in [2.24, 2.45) is 0 Å². The first-order valence-electron chi connectivity index (χ1n) is 8.91. The fourth-order valence-corrected chi connectivity index (χ4v) is 3.36. The number of hydrogen-bond donors (Lipinski definition) is 0. The molecule has 3 heterocycles. The van der Waals surface area contributed by atoms with Crippen LogP contribution in [0.3, 0.4) is 0 Å². The summed E-state index contributed by atoms with van der Waals surface area (Å²) in [5, 5.41) is 9.37. The number of imidazole rings is 1. The molecule has 0 saturated carbocycles. The lowest BCUT2D eigenvalue weighted by atomic mass is 9.97. The predicted octanol–water partition coefficient (Wildman–Crippen LogP) is 5.33. The molecule has 0 aliphatic rings. The third kappa shape index (κ3) is 2.86. The van der Waals surface area contributed by atoms with Gasteiger partial charge in [-0.25, -0.2) is 14.4 Å². The van der Waals surface area contributed by atoms with Gasteiger partial charge in [-0.1, -0.05) is 18.2 Å². The average molecular weight is 380 g/mol. The second-order valence-corrected chi connectivity index (χ2v) is 6.49. The van der Waals surface area contributed by atoms with Crippen LogP contribution in [0.1, 0.15) is 5.56 Å². The molecule has 138 valence electrons. The molecule has 5 aromatic rings. The number of benzene rings is 2. The molecule has 0 spiro atoms. The van der Waals surface area contributed by atoms with E-state index >= 15 is 0 Å². The Hall–Kier alpha value is -4.24. The maximum absolute atomic E-state index is 14.6. The molecule has 0 saturated heterocycles. The Morgan fingerprint density at radius 1 is 1.00 bits per heavy atom. The molecule has 0 bridgehead atoms. The summed E-state index contributed by atoms with van der Waals surface area (Å²) in [4.78, 5) is 8.96. The summed E-state index contributed by atoms with van der Waals surface area (Å²) in [6.45, 7) is 0. The molecule has 29 heavy (non-hydrogen) atoms. The Bertz CT molecular complexity index is 1380. The van der Waals surface area contributed by atoms with Gasteiger partial charge in [0.15, 0.2) is 0 Å². The summed E-state index contributed by atoms with van der Waals surface area (Å²) >= 11 is 0. The van der Waals surface area contributed by atoms with Crippen LogP contribution in [0.15, 0.2) is 83.9 Å². The molecule has 0 amide bonds. The van der Waals surface area contributed by atoms with Gasteiger partial charge in [-0.05, 0) is 36.4 Å². The van der Waals surface area contributed by atoms with Gasteiger partial charge in [-0.15, -0.1) is 0 Å². The van der Waals surface area contributed by atoms with Crippen molar-refractivity contribution in [1.82, 2.24) is 14.4 Å². The number of fused-ring (bicyclic) bond motifs is 1. The Kier molecular flexibility index (Phi) is 3.92. The van der Waals surface area contributed by atoms with Gasteiger partial charge in [-0.2, -0.15) is 5.26 Å². The van der Waals surface area contributed by atoms with E-state index in [1.807, 2.05) is 22.7 Å². The van der Waals surface area contributed by atoms with Gasteiger partial charge in [0, 0.05) is 28.5 Å². The zero-order chi connectivity index (χ0) is 19.8. The number of furan rings is 1. The molecule has 0 unspecified atom stereocenters. The first-order valence-corrected chi connectivity index (χ1v) is 8.91. The van der Waals surface area contributed by atoms with Crippen molar-refractivity contribution in [1.29, 1.82) is 5.26 Å². The van der Waals surface area contributed by atoms with Crippen LogP contribution >= 0.6 is 0 Å². The predicted molar refractivity (Wildman–Crippen MR) is 106 cm³/mol. The van der Waals surface area contributed by atoms with E-state index in [2.05, 4.69) is 16.0 Å². The molecule has 0 radical (unpaired) electrons. The summed E-state index contributed by atoms with van der Waals surface area (Å²) in [5.41, 5.74) is 4.54. The molecule has 2 aromatic carbocycles. The molecule has 0 atom stereocenters. The molecule has 5 rings (SSSR count). The van der Waals surface area contributed by atoms with Crippen molar-refractivity contribution in [2.45, 2.75) is 0 Å². The van der Waals surface area contributed by atoms with Crippen molar-refractivity contribution < 1.29 is 8.81 Å². The SMILES string of the molecule is N#Cc1ccccc1-c1cc(-c2cnc3nc(-c4ccoc4)ccn23)ccc1F. The molecule has 0 aliphatic carbocycles. The zero-order valence-corrected chi connectivity index (χ0v) is 15.1. The maximum atomic E-state index is 14.6. The van der Waals surface area contributed by atoms with Gasteiger partial charge in [-0.3, -0.25) is 4.40 Å². The molecule has 3 aromatic heterocycles. The van der Waals surface area contributed by atoms with Gasteiger partial charge in [0.2, 0.25) is 5.78 Å². The summed E-state index contributed by atoms with van der Waals surface area (Å²) in [7, 11) is 0. The lowest BCUT2D eigenvalue weighted by molar-refractivity contribution is 0.568. The summed E-state index contributed by atoms with van der Waals surface area (Å²) in [6, 6.07) is 17.6. The van der Waals surface area contributed by atoms with Crippen LogP contribution in [0.4, 0.5) is 4.39 Å². The van der Waals surface area contributed by atoms with Gasteiger partial charge < -0.3 is 4.42 Å². The number of nitriles is 1. The Balaban J connectivity index is 1.63. The number of nitrogens with zero attached hydrogens (tertiary/aromatic N) is 4.